The van der Waals surface area contributed by atoms with Gasteiger partial charge in [0.05, 0.1) is 13.2 Å². The van der Waals surface area contributed by atoms with Gasteiger partial charge in [-0.1, -0.05) is 11.3 Å². The Morgan fingerprint density at radius 2 is 2.29 bits per heavy atom. The third-order valence-corrected chi connectivity index (χ3v) is 6.55. The number of hydrogen-bond donors (Lipinski definition) is 2. The van der Waals surface area contributed by atoms with Crippen molar-refractivity contribution in [1.29, 1.82) is 0 Å². The third-order valence-electron chi connectivity index (χ3n) is 3.06. The summed E-state index contributed by atoms with van der Waals surface area (Å²) >= 11 is 0.629. The Labute approximate surface area is 126 Å². The van der Waals surface area contributed by atoms with Gasteiger partial charge in [-0.25, -0.2) is 8.42 Å². The summed E-state index contributed by atoms with van der Waals surface area (Å²) in [5.41, 5.74) is 0.283. The van der Waals surface area contributed by atoms with Gasteiger partial charge >= 0.3 is 4.87 Å². The van der Waals surface area contributed by atoms with Crippen LogP contribution in [0.2, 0.25) is 0 Å². The average Bonchev–Trinajstić information content (AvgIpc) is 2.79. The molecule has 0 bridgehead atoms. The summed E-state index contributed by atoms with van der Waals surface area (Å²) in [5.74, 6) is -0.402. The summed E-state index contributed by atoms with van der Waals surface area (Å²) < 4.78 is 31.6. The average molecular weight is 335 g/mol. The Bertz CT molecular complexity index is 678. The van der Waals surface area contributed by atoms with Gasteiger partial charge in [0.25, 0.3) is 10.0 Å². The van der Waals surface area contributed by atoms with Gasteiger partial charge in [0.15, 0.2) is 4.21 Å². The Kier molecular flexibility index (Phi) is 4.81. The number of amides is 1. The second-order valence-corrected chi connectivity index (χ2v) is 7.60. The van der Waals surface area contributed by atoms with Crippen molar-refractivity contribution in [1.82, 2.24) is 14.6 Å². The molecule has 0 radical (unpaired) electrons. The Hall–Kier alpha value is -1.23. The van der Waals surface area contributed by atoms with Crippen molar-refractivity contribution in [3.63, 3.8) is 0 Å². The van der Waals surface area contributed by atoms with Crippen LogP contribution in [-0.4, -0.2) is 56.0 Å². The summed E-state index contributed by atoms with van der Waals surface area (Å²) in [5, 5.41) is 2.60. The smallest absolute Gasteiger partial charge is 0.305 e. The Morgan fingerprint density at radius 1 is 1.57 bits per heavy atom. The van der Waals surface area contributed by atoms with E-state index in [-0.39, 0.29) is 29.7 Å². The first-order valence-electron chi connectivity index (χ1n) is 6.45. The molecule has 118 valence electrons. The van der Waals surface area contributed by atoms with E-state index in [1.165, 1.54) is 6.92 Å². The fourth-order valence-electron chi connectivity index (χ4n) is 2.12. The molecule has 0 saturated carbocycles. The first kappa shape index (κ1) is 16.1. The van der Waals surface area contributed by atoms with Crippen molar-refractivity contribution in [2.45, 2.75) is 24.1 Å². The third kappa shape index (κ3) is 3.18. The van der Waals surface area contributed by atoms with Gasteiger partial charge in [-0.15, -0.1) is 0 Å². The van der Waals surface area contributed by atoms with Crippen molar-refractivity contribution in [2.75, 3.05) is 26.3 Å². The minimum atomic E-state index is -3.90. The number of hydrogen-bond acceptors (Lipinski definition) is 6. The standard InChI is InChI=1S/C11H17N3O5S2/c1-3-12-9(15)8-6-19-5-4-14(8)21(17,18)10-7(2)13-11(16)20-10/h8H,3-6H2,1-2H3,(H,12,15)(H,13,16). The van der Waals surface area contributed by atoms with E-state index in [9.17, 15) is 18.0 Å². The van der Waals surface area contributed by atoms with E-state index in [2.05, 4.69) is 10.3 Å². The molecule has 0 aromatic carbocycles. The molecule has 2 rings (SSSR count). The fraction of sp³-hybridized carbons (Fsp3) is 0.636. The fourth-order valence-corrected chi connectivity index (χ4v) is 5.09. The predicted molar refractivity (Wildman–Crippen MR) is 76.9 cm³/mol. The van der Waals surface area contributed by atoms with Gasteiger partial charge in [0.1, 0.15) is 6.04 Å². The molecule has 1 atom stereocenters. The lowest BCUT2D eigenvalue weighted by molar-refractivity contribution is -0.129. The number of ether oxygens (including phenoxy) is 1. The van der Waals surface area contributed by atoms with E-state index in [0.29, 0.717) is 17.9 Å². The maximum atomic E-state index is 12.7. The van der Waals surface area contributed by atoms with Crippen molar-refractivity contribution in [3.8, 4) is 0 Å². The van der Waals surface area contributed by atoms with Crippen LogP contribution >= 0.6 is 11.3 Å². The van der Waals surface area contributed by atoms with E-state index in [1.807, 2.05) is 0 Å². The van der Waals surface area contributed by atoms with Crippen molar-refractivity contribution >= 4 is 27.3 Å². The molecule has 1 amide bonds. The molecule has 1 aromatic heterocycles. The van der Waals surface area contributed by atoms with E-state index in [1.54, 1.807) is 6.92 Å². The van der Waals surface area contributed by atoms with Crippen LogP contribution in [0.25, 0.3) is 0 Å². The van der Waals surface area contributed by atoms with E-state index < -0.39 is 26.8 Å². The molecule has 0 spiro atoms. The Balaban J connectivity index is 2.38. The summed E-state index contributed by atoms with van der Waals surface area (Å²) in [7, 11) is -3.90. The van der Waals surface area contributed by atoms with Crippen molar-refractivity contribution in [2.24, 2.45) is 0 Å². The molecule has 2 N–H and O–H groups in total. The number of rotatable bonds is 4. The quantitative estimate of drug-likeness (QED) is 0.754. The molecule has 1 saturated heterocycles. The molecule has 1 fully saturated rings. The van der Waals surface area contributed by atoms with Crippen LogP contribution in [0.3, 0.4) is 0 Å². The molecule has 8 nitrogen and oxygen atoms in total. The first-order valence-corrected chi connectivity index (χ1v) is 8.70. The van der Waals surface area contributed by atoms with Crippen LogP contribution < -0.4 is 10.2 Å². The number of sulfonamides is 1. The Morgan fingerprint density at radius 3 is 2.86 bits per heavy atom. The summed E-state index contributed by atoms with van der Waals surface area (Å²) in [4.78, 5) is 25.4. The molecule has 10 heteroatoms. The number of nitrogens with one attached hydrogen (secondary N) is 2. The maximum absolute atomic E-state index is 12.7. The lowest BCUT2D eigenvalue weighted by atomic mass is 10.2. The minimum Gasteiger partial charge on any atom is -0.378 e. The molecule has 1 unspecified atom stereocenters. The largest absolute Gasteiger partial charge is 0.378 e. The second-order valence-electron chi connectivity index (χ2n) is 4.53. The number of carbonyl (C=O) groups excluding carboxylic acids is 1. The number of aromatic nitrogens is 1. The summed E-state index contributed by atoms with van der Waals surface area (Å²) in [6.45, 7) is 3.97. The van der Waals surface area contributed by atoms with Crippen LogP contribution in [-0.2, 0) is 19.6 Å². The molecular weight excluding hydrogens is 318 g/mol. The highest BCUT2D eigenvalue weighted by Gasteiger charge is 2.39. The topological polar surface area (TPSA) is 109 Å². The monoisotopic (exact) mass is 335 g/mol. The van der Waals surface area contributed by atoms with Crippen LogP contribution in [0, 0.1) is 6.92 Å². The van der Waals surface area contributed by atoms with Gasteiger partial charge in [-0.3, -0.25) is 9.59 Å². The van der Waals surface area contributed by atoms with E-state index in [0.717, 1.165) is 4.31 Å². The molecular formula is C11H17N3O5S2. The summed E-state index contributed by atoms with van der Waals surface area (Å²) in [6, 6.07) is -0.916. The highest BCUT2D eigenvalue weighted by molar-refractivity contribution is 7.91. The van der Waals surface area contributed by atoms with Crippen LogP contribution in [0.15, 0.2) is 9.00 Å². The van der Waals surface area contributed by atoms with Gasteiger partial charge in [0.2, 0.25) is 5.91 Å². The van der Waals surface area contributed by atoms with E-state index >= 15 is 0 Å². The maximum Gasteiger partial charge on any atom is 0.305 e. The minimum absolute atomic E-state index is 0.00341. The van der Waals surface area contributed by atoms with Crippen LogP contribution in [0.1, 0.15) is 12.6 Å². The number of thiazole rings is 1. The number of nitrogens with zero attached hydrogens (tertiary/aromatic N) is 1. The zero-order valence-corrected chi connectivity index (χ0v) is 13.3. The number of carbonyl (C=O) groups is 1. The van der Waals surface area contributed by atoms with E-state index in [4.69, 9.17) is 4.74 Å². The molecule has 1 aliphatic heterocycles. The van der Waals surface area contributed by atoms with Crippen LogP contribution in [0.4, 0.5) is 0 Å². The second kappa shape index (κ2) is 6.26. The van der Waals surface area contributed by atoms with Gasteiger partial charge in [-0.2, -0.15) is 4.31 Å². The highest BCUT2D eigenvalue weighted by Crippen LogP contribution is 2.24. The molecule has 1 aromatic rings. The lowest BCUT2D eigenvalue weighted by Gasteiger charge is -2.33. The highest BCUT2D eigenvalue weighted by atomic mass is 32.2. The number of aryl methyl sites for hydroxylation is 1. The number of H-pyrrole nitrogens is 1. The van der Waals surface area contributed by atoms with Gasteiger partial charge < -0.3 is 15.0 Å². The molecule has 21 heavy (non-hydrogen) atoms. The molecule has 1 aliphatic rings. The first-order chi connectivity index (χ1) is 9.87. The van der Waals surface area contributed by atoms with Crippen LogP contribution in [0.5, 0.6) is 0 Å². The SMILES string of the molecule is CCNC(=O)C1COCCN1S(=O)(=O)c1sc(=O)[nH]c1C. The van der Waals surface area contributed by atoms with Gasteiger partial charge in [-0.05, 0) is 13.8 Å². The lowest BCUT2D eigenvalue weighted by Crippen LogP contribution is -2.55. The molecule has 0 aliphatic carbocycles. The normalized spacial score (nSPS) is 20.4. The number of likely N-dealkylation sites (N-methyl/N-ethyl adjacent to an activating group) is 1. The molecule has 2 heterocycles. The summed E-state index contributed by atoms with van der Waals surface area (Å²) in [6.07, 6.45) is 0. The number of morpholine rings is 1. The zero-order chi connectivity index (χ0) is 15.6. The zero-order valence-electron chi connectivity index (χ0n) is 11.7. The van der Waals surface area contributed by atoms with Crippen molar-refractivity contribution < 1.29 is 17.9 Å². The predicted octanol–water partition coefficient (Wildman–Crippen LogP) is -0.730. The number of aromatic amines is 1. The van der Waals surface area contributed by atoms with Gasteiger partial charge in [0, 0.05) is 18.8 Å². The van der Waals surface area contributed by atoms with Crippen molar-refractivity contribution in [3.05, 3.63) is 15.4 Å².